The van der Waals surface area contributed by atoms with Crippen LogP contribution in [0.1, 0.15) is 26.2 Å². The maximum absolute atomic E-state index is 5.86. The average molecular weight is 239 g/mol. The third-order valence-electron chi connectivity index (χ3n) is 2.36. The molecule has 2 aromatic heterocycles. The standard InChI is InChI=1S/C11H15ClN4/c1-2-3-4-7-13-11-14-10-6-5-9(12)8-16(10)15-11/h5-6,8H,2-4,7H2,1H3,(H,13,15). The van der Waals surface area contributed by atoms with Crippen LogP contribution in [0.3, 0.4) is 0 Å². The minimum atomic E-state index is 0.662. The van der Waals surface area contributed by atoms with Crippen molar-refractivity contribution in [1.82, 2.24) is 14.6 Å². The van der Waals surface area contributed by atoms with Gasteiger partial charge in [-0.1, -0.05) is 31.4 Å². The van der Waals surface area contributed by atoms with E-state index in [0.717, 1.165) is 18.6 Å². The molecule has 2 heterocycles. The number of fused-ring (bicyclic) bond motifs is 1. The second kappa shape index (κ2) is 5.16. The molecule has 0 radical (unpaired) electrons. The predicted molar refractivity (Wildman–Crippen MR) is 66.0 cm³/mol. The van der Waals surface area contributed by atoms with Gasteiger partial charge >= 0.3 is 0 Å². The van der Waals surface area contributed by atoms with Gasteiger partial charge in [0.05, 0.1) is 5.02 Å². The molecule has 5 heteroatoms. The van der Waals surface area contributed by atoms with Crippen LogP contribution in [0.4, 0.5) is 5.95 Å². The molecule has 0 bridgehead atoms. The first-order valence-electron chi connectivity index (χ1n) is 5.55. The molecule has 16 heavy (non-hydrogen) atoms. The molecule has 0 unspecified atom stereocenters. The van der Waals surface area contributed by atoms with Gasteiger partial charge in [0.25, 0.3) is 0 Å². The smallest absolute Gasteiger partial charge is 0.243 e. The van der Waals surface area contributed by atoms with Gasteiger partial charge in [-0.15, -0.1) is 5.10 Å². The van der Waals surface area contributed by atoms with E-state index >= 15 is 0 Å². The highest BCUT2D eigenvalue weighted by Gasteiger charge is 2.02. The van der Waals surface area contributed by atoms with Crippen molar-refractivity contribution in [2.24, 2.45) is 0 Å². The van der Waals surface area contributed by atoms with Crippen LogP contribution < -0.4 is 5.32 Å². The Kier molecular flexibility index (Phi) is 3.62. The van der Waals surface area contributed by atoms with Crippen LogP contribution in [-0.4, -0.2) is 21.1 Å². The maximum Gasteiger partial charge on any atom is 0.243 e. The molecular formula is C11H15ClN4. The van der Waals surface area contributed by atoms with E-state index in [9.17, 15) is 0 Å². The number of anilines is 1. The van der Waals surface area contributed by atoms with Gasteiger partial charge in [-0.05, 0) is 18.6 Å². The molecule has 0 aliphatic heterocycles. The summed E-state index contributed by atoms with van der Waals surface area (Å²) in [6, 6.07) is 3.67. The molecule has 2 aromatic rings. The molecule has 0 aromatic carbocycles. The third kappa shape index (κ3) is 2.64. The van der Waals surface area contributed by atoms with Crippen LogP contribution in [0.5, 0.6) is 0 Å². The van der Waals surface area contributed by atoms with Crippen molar-refractivity contribution in [3.05, 3.63) is 23.4 Å². The van der Waals surface area contributed by atoms with Crippen molar-refractivity contribution in [2.75, 3.05) is 11.9 Å². The van der Waals surface area contributed by atoms with Crippen molar-refractivity contribution in [3.63, 3.8) is 0 Å². The summed E-state index contributed by atoms with van der Waals surface area (Å²) < 4.78 is 1.69. The molecule has 0 aliphatic carbocycles. The van der Waals surface area contributed by atoms with E-state index in [2.05, 4.69) is 22.3 Å². The summed E-state index contributed by atoms with van der Waals surface area (Å²) in [7, 11) is 0. The van der Waals surface area contributed by atoms with Crippen LogP contribution in [0.25, 0.3) is 5.65 Å². The monoisotopic (exact) mass is 238 g/mol. The Bertz CT molecular complexity index is 466. The Morgan fingerprint density at radius 2 is 2.25 bits per heavy atom. The number of hydrogen-bond acceptors (Lipinski definition) is 3. The van der Waals surface area contributed by atoms with Gasteiger partial charge in [0.1, 0.15) is 0 Å². The predicted octanol–water partition coefficient (Wildman–Crippen LogP) is 2.98. The summed E-state index contributed by atoms with van der Waals surface area (Å²) >= 11 is 5.86. The second-order valence-corrected chi connectivity index (χ2v) is 4.16. The van der Waals surface area contributed by atoms with Crippen LogP contribution in [-0.2, 0) is 0 Å². The molecule has 0 spiro atoms. The van der Waals surface area contributed by atoms with Crippen molar-refractivity contribution < 1.29 is 0 Å². The first-order valence-corrected chi connectivity index (χ1v) is 5.93. The topological polar surface area (TPSA) is 42.2 Å². The summed E-state index contributed by atoms with van der Waals surface area (Å²) in [5.41, 5.74) is 0.808. The Labute approximate surface area is 99.6 Å². The number of pyridine rings is 1. The van der Waals surface area contributed by atoms with Crippen LogP contribution in [0.15, 0.2) is 18.3 Å². The fraction of sp³-hybridized carbons (Fsp3) is 0.455. The lowest BCUT2D eigenvalue weighted by atomic mass is 10.2. The van der Waals surface area contributed by atoms with Crippen molar-refractivity contribution in [2.45, 2.75) is 26.2 Å². The normalized spacial score (nSPS) is 10.9. The highest BCUT2D eigenvalue weighted by Crippen LogP contribution is 2.11. The van der Waals surface area contributed by atoms with E-state index < -0.39 is 0 Å². The molecule has 1 N–H and O–H groups in total. The maximum atomic E-state index is 5.86. The van der Waals surface area contributed by atoms with Crippen molar-refractivity contribution >= 4 is 23.2 Å². The lowest BCUT2D eigenvalue weighted by Crippen LogP contribution is -2.02. The number of rotatable bonds is 5. The lowest BCUT2D eigenvalue weighted by molar-refractivity contribution is 0.740. The molecule has 0 aliphatic rings. The van der Waals surface area contributed by atoms with E-state index in [0.29, 0.717) is 11.0 Å². The summed E-state index contributed by atoms with van der Waals surface area (Å²) in [6.07, 6.45) is 5.34. The number of hydrogen-bond donors (Lipinski definition) is 1. The number of unbranched alkanes of at least 4 members (excludes halogenated alkanes) is 2. The van der Waals surface area contributed by atoms with Gasteiger partial charge in [-0.2, -0.15) is 4.98 Å². The number of halogens is 1. The molecule has 0 atom stereocenters. The Morgan fingerprint density at radius 1 is 1.38 bits per heavy atom. The summed E-state index contributed by atoms with van der Waals surface area (Å²) in [4.78, 5) is 4.33. The molecule has 2 rings (SSSR count). The van der Waals surface area contributed by atoms with Crippen LogP contribution >= 0.6 is 11.6 Å². The van der Waals surface area contributed by atoms with Crippen LogP contribution in [0.2, 0.25) is 5.02 Å². The van der Waals surface area contributed by atoms with Gasteiger partial charge in [-0.25, -0.2) is 4.52 Å². The van der Waals surface area contributed by atoms with Gasteiger partial charge in [0, 0.05) is 12.7 Å². The Morgan fingerprint density at radius 3 is 3.06 bits per heavy atom. The highest BCUT2D eigenvalue weighted by atomic mass is 35.5. The fourth-order valence-electron chi connectivity index (χ4n) is 1.51. The first kappa shape index (κ1) is 11.2. The summed E-state index contributed by atoms with van der Waals surface area (Å²) in [5.74, 6) is 0.665. The summed E-state index contributed by atoms with van der Waals surface area (Å²) in [6.45, 7) is 3.10. The average Bonchev–Trinajstić information content (AvgIpc) is 2.66. The van der Waals surface area contributed by atoms with Gasteiger partial charge < -0.3 is 5.32 Å². The zero-order valence-corrected chi connectivity index (χ0v) is 10.0. The minimum Gasteiger partial charge on any atom is -0.353 e. The number of nitrogens with one attached hydrogen (secondary N) is 1. The van der Waals surface area contributed by atoms with Gasteiger partial charge in [0.2, 0.25) is 5.95 Å². The second-order valence-electron chi connectivity index (χ2n) is 3.72. The molecule has 0 saturated carbocycles. The molecule has 86 valence electrons. The summed E-state index contributed by atoms with van der Waals surface area (Å²) in [5, 5.41) is 8.15. The number of aromatic nitrogens is 3. The third-order valence-corrected chi connectivity index (χ3v) is 2.58. The molecule has 4 nitrogen and oxygen atoms in total. The number of nitrogens with zero attached hydrogens (tertiary/aromatic N) is 3. The Balaban J connectivity index is 2.02. The zero-order chi connectivity index (χ0) is 11.4. The quantitative estimate of drug-likeness (QED) is 0.815. The lowest BCUT2D eigenvalue weighted by Gasteiger charge is -1.98. The van der Waals surface area contributed by atoms with E-state index in [4.69, 9.17) is 11.6 Å². The van der Waals surface area contributed by atoms with E-state index in [1.54, 1.807) is 10.7 Å². The van der Waals surface area contributed by atoms with E-state index in [1.807, 2.05) is 12.1 Å². The molecular weight excluding hydrogens is 224 g/mol. The Hall–Kier alpha value is -1.29. The molecule has 0 amide bonds. The first-order chi connectivity index (χ1) is 7.79. The van der Waals surface area contributed by atoms with Crippen molar-refractivity contribution in [3.8, 4) is 0 Å². The molecule has 0 fully saturated rings. The van der Waals surface area contributed by atoms with E-state index in [1.165, 1.54) is 12.8 Å². The fourth-order valence-corrected chi connectivity index (χ4v) is 1.66. The van der Waals surface area contributed by atoms with Gasteiger partial charge in [0.15, 0.2) is 5.65 Å². The zero-order valence-electron chi connectivity index (χ0n) is 9.28. The highest BCUT2D eigenvalue weighted by molar-refractivity contribution is 6.30. The largest absolute Gasteiger partial charge is 0.353 e. The van der Waals surface area contributed by atoms with E-state index in [-0.39, 0.29) is 0 Å². The van der Waals surface area contributed by atoms with Crippen molar-refractivity contribution in [1.29, 1.82) is 0 Å². The van der Waals surface area contributed by atoms with Crippen LogP contribution in [0, 0.1) is 0 Å². The SMILES string of the molecule is CCCCCNc1nc2ccc(Cl)cn2n1. The van der Waals surface area contributed by atoms with Gasteiger partial charge in [-0.3, -0.25) is 0 Å². The minimum absolute atomic E-state index is 0.662. The molecule has 0 saturated heterocycles.